The van der Waals surface area contributed by atoms with Crippen LogP contribution in [0, 0.1) is 21.4 Å². The number of rotatable bonds is 4. The molecule has 1 N–H and O–H groups in total. The largest absolute Gasteiger partial charge is 0.383 e. The Morgan fingerprint density at radius 2 is 1.86 bits per heavy atom. The number of nitriles is 1. The van der Waals surface area contributed by atoms with Crippen molar-refractivity contribution in [2.24, 2.45) is 0 Å². The Morgan fingerprint density at radius 3 is 2.38 bits per heavy atom. The van der Waals surface area contributed by atoms with Crippen LogP contribution in [0.2, 0.25) is 5.02 Å². The van der Waals surface area contributed by atoms with Gasteiger partial charge in [0.05, 0.1) is 16.9 Å². The molecule has 0 aliphatic heterocycles. The average Bonchev–Trinajstić information content (AvgIpc) is 2.49. The molecule has 0 aliphatic rings. The molecule has 0 radical (unpaired) electrons. The number of hydrogen-bond acceptors (Lipinski definition) is 4. The van der Waals surface area contributed by atoms with Gasteiger partial charge in [-0.2, -0.15) is 5.26 Å². The third-order valence-corrected chi connectivity index (χ3v) is 3.40. The molecule has 0 aliphatic carbocycles. The molecule has 0 saturated carbocycles. The van der Waals surface area contributed by atoms with Crippen molar-refractivity contribution in [1.29, 1.82) is 5.26 Å². The summed E-state index contributed by atoms with van der Waals surface area (Å²) in [5.74, 6) is -0.504. The SMILES string of the molecule is CNc1cc(C(C#N)c2ccc(Cl)cc2)ccc1[N+](=O)[O-]. The Hall–Kier alpha value is -2.58. The first-order valence-corrected chi connectivity index (χ1v) is 6.55. The number of nitro benzene ring substituents is 1. The number of anilines is 1. The molecule has 2 aromatic carbocycles. The van der Waals surface area contributed by atoms with Crippen molar-refractivity contribution >= 4 is 23.0 Å². The minimum Gasteiger partial charge on any atom is -0.383 e. The maximum absolute atomic E-state index is 10.9. The second kappa shape index (κ2) is 6.25. The third-order valence-electron chi connectivity index (χ3n) is 3.15. The van der Waals surface area contributed by atoms with E-state index >= 15 is 0 Å². The van der Waals surface area contributed by atoms with Gasteiger partial charge in [-0.05, 0) is 29.3 Å². The molecule has 0 spiro atoms. The van der Waals surface area contributed by atoms with Crippen LogP contribution in [-0.2, 0) is 0 Å². The van der Waals surface area contributed by atoms with Crippen LogP contribution in [0.25, 0.3) is 0 Å². The van der Waals surface area contributed by atoms with Crippen LogP contribution >= 0.6 is 11.6 Å². The first-order valence-electron chi connectivity index (χ1n) is 6.18. The summed E-state index contributed by atoms with van der Waals surface area (Å²) in [4.78, 5) is 10.5. The highest BCUT2D eigenvalue weighted by molar-refractivity contribution is 6.30. The van der Waals surface area contributed by atoms with E-state index in [1.807, 2.05) is 0 Å². The van der Waals surface area contributed by atoms with Gasteiger partial charge in [-0.1, -0.05) is 29.8 Å². The summed E-state index contributed by atoms with van der Waals surface area (Å²) in [5.41, 5.74) is 1.84. The van der Waals surface area contributed by atoms with Crippen molar-refractivity contribution in [1.82, 2.24) is 0 Å². The van der Waals surface area contributed by atoms with Gasteiger partial charge in [0.15, 0.2) is 0 Å². The molecule has 0 bridgehead atoms. The molecule has 0 saturated heterocycles. The van der Waals surface area contributed by atoms with Gasteiger partial charge < -0.3 is 5.32 Å². The molecule has 1 unspecified atom stereocenters. The fourth-order valence-corrected chi connectivity index (χ4v) is 2.22. The predicted octanol–water partition coefficient (Wildman–Crippen LogP) is 3.95. The van der Waals surface area contributed by atoms with E-state index < -0.39 is 10.8 Å². The molecule has 2 aromatic rings. The van der Waals surface area contributed by atoms with Crippen molar-refractivity contribution < 1.29 is 4.92 Å². The molecule has 6 heteroatoms. The summed E-state index contributed by atoms with van der Waals surface area (Å²) in [6, 6.07) is 13.8. The minimum absolute atomic E-state index is 0.0194. The molecule has 0 amide bonds. The molecule has 0 fully saturated rings. The number of halogens is 1. The van der Waals surface area contributed by atoms with Crippen LogP contribution in [0.15, 0.2) is 42.5 Å². The molecule has 106 valence electrons. The van der Waals surface area contributed by atoms with Gasteiger partial charge in [-0.25, -0.2) is 0 Å². The van der Waals surface area contributed by atoms with Gasteiger partial charge in [0.1, 0.15) is 5.69 Å². The van der Waals surface area contributed by atoms with E-state index in [4.69, 9.17) is 11.6 Å². The minimum atomic E-state index is -0.504. The van der Waals surface area contributed by atoms with Gasteiger partial charge in [0.2, 0.25) is 0 Å². The smallest absolute Gasteiger partial charge is 0.292 e. The summed E-state index contributed by atoms with van der Waals surface area (Å²) in [6.45, 7) is 0. The van der Waals surface area contributed by atoms with Crippen LogP contribution in [0.4, 0.5) is 11.4 Å². The number of hydrogen-bond donors (Lipinski definition) is 1. The Balaban J connectivity index is 2.46. The van der Waals surface area contributed by atoms with Crippen LogP contribution in [0.1, 0.15) is 17.0 Å². The lowest BCUT2D eigenvalue weighted by atomic mass is 9.92. The van der Waals surface area contributed by atoms with Gasteiger partial charge in [0, 0.05) is 18.1 Å². The van der Waals surface area contributed by atoms with Crippen molar-refractivity contribution in [3.63, 3.8) is 0 Å². The fourth-order valence-electron chi connectivity index (χ4n) is 2.09. The first kappa shape index (κ1) is 14.8. The van der Waals surface area contributed by atoms with Crippen molar-refractivity contribution in [2.45, 2.75) is 5.92 Å². The van der Waals surface area contributed by atoms with E-state index in [-0.39, 0.29) is 5.69 Å². The number of nitrogens with one attached hydrogen (secondary N) is 1. The number of nitro groups is 1. The molecular formula is C15H12ClN3O2. The monoisotopic (exact) mass is 301 g/mol. The highest BCUT2D eigenvalue weighted by Crippen LogP contribution is 2.31. The second-order valence-corrected chi connectivity index (χ2v) is 4.83. The summed E-state index contributed by atoms with van der Waals surface area (Å²) in [7, 11) is 1.61. The first-order chi connectivity index (χ1) is 10.1. The zero-order valence-corrected chi connectivity index (χ0v) is 12.0. The van der Waals surface area contributed by atoms with Gasteiger partial charge >= 0.3 is 0 Å². The lowest BCUT2D eigenvalue weighted by Gasteiger charge is -2.12. The van der Waals surface area contributed by atoms with E-state index in [0.717, 1.165) is 5.56 Å². The van der Waals surface area contributed by atoms with E-state index in [0.29, 0.717) is 16.3 Å². The Labute approximate surface area is 126 Å². The van der Waals surface area contributed by atoms with Crippen LogP contribution in [0.5, 0.6) is 0 Å². The number of benzene rings is 2. The lowest BCUT2D eigenvalue weighted by Crippen LogP contribution is -2.02. The maximum atomic E-state index is 10.9. The maximum Gasteiger partial charge on any atom is 0.292 e. The molecule has 0 aromatic heterocycles. The summed E-state index contributed by atoms with van der Waals surface area (Å²) in [6.07, 6.45) is 0. The zero-order chi connectivity index (χ0) is 15.4. The zero-order valence-electron chi connectivity index (χ0n) is 11.2. The van der Waals surface area contributed by atoms with Gasteiger partial charge in [-0.3, -0.25) is 10.1 Å². The topological polar surface area (TPSA) is 79.0 Å². The summed E-state index contributed by atoms with van der Waals surface area (Å²) in [5, 5.41) is 23.7. The summed E-state index contributed by atoms with van der Waals surface area (Å²) >= 11 is 5.84. The van der Waals surface area contributed by atoms with Crippen molar-refractivity contribution in [3.8, 4) is 6.07 Å². The van der Waals surface area contributed by atoms with E-state index in [1.165, 1.54) is 6.07 Å². The standard InChI is InChI=1S/C15H12ClN3O2/c1-18-14-8-11(4-7-15(14)19(20)21)13(9-17)10-2-5-12(16)6-3-10/h2-8,13,18H,1H3. The van der Waals surface area contributed by atoms with E-state index in [2.05, 4.69) is 11.4 Å². The van der Waals surface area contributed by atoms with Crippen LogP contribution in [-0.4, -0.2) is 12.0 Å². The highest BCUT2D eigenvalue weighted by Gasteiger charge is 2.18. The Kier molecular flexibility index (Phi) is 4.41. The molecule has 0 heterocycles. The van der Waals surface area contributed by atoms with Gasteiger partial charge in [0.25, 0.3) is 5.69 Å². The quantitative estimate of drug-likeness (QED) is 0.685. The normalized spacial score (nSPS) is 11.5. The summed E-state index contributed by atoms with van der Waals surface area (Å²) < 4.78 is 0. The second-order valence-electron chi connectivity index (χ2n) is 4.40. The highest BCUT2D eigenvalue weighted by atomic mass is 35.5. The lowest BCUT2D eigenvalue weighted by molar-refractivity contribution is -0.383. The van der Waals surface area contributed by atoms with E-state index in [9.17, 15) is 15.4 Å². The van der Waals surface area contributed by atoms with Crippen LogP contribution in [0.3, 0.4) is 0 Å². The Morgan fingerprint density at radius 1 is 1.24 bits per heavy atom. The molecule has 5 nitrogen and oxygen atoms in total. The average molecular weight is 302 g/mol. The molecule has 1 atom stereocenters. The Bertz CT molecular complexity index is 708. The van der Waals surface area contributed by atoms with Crippen LogP contribution < -0.4 is 5.32 Å². The fraction of sp³-hybridized carbons (Fsp3) is 0.133. The predicted molar refractivity (Wildman–Crippen MR) is 81.6 cm³/mol. The molecule has 21 heavy (non-hydrogen) atoms. The van der Waals surface area contributed by atoms with Crippen molar-refractivity contribution in [3.05, 3.63) is 68.7 Å². The molecular weight excluding hydrogens is 290 g/mol. The van der Waals surface area contributed by atoms with E-state index in [1.54, 1.807) is 43.4 Å². The van der Waals surface area contributed by atoms with Crippen molar-refractivity contribution in [2.75, 3.05) is 12.4 Å². The van der Waals surface area contributed by atoms with Gasteiger partial charge in [-0.15, -0.1) is 0 Å². The molecule has 2 rings (SSSR count). The number of nitrogens with zero attached hydrogens (tertiary/aromatic N) is 2. The third kappa shape index (κ3) is 3.12.